The number of rotatable bonds is 6. The van der Waals surface area contributed by atoms with Crippen LogP contribution in [0.15, 0.2) is 12.2 Å². The topological polar surface area (TPSA) is 66.5 Å². The smallest absolute Gasteiger partial charge is 0.253 e. The molecule has 2 heterocycles. The first-order valence-corrected chi connectivity index (χ1v) is 8.90. The molecule has 126 valence electrons. The van der Waals surface area contributed by atoms with Crippen molar-refractivity contribution in [3.05, 3.63) is 12.2 Å². The summed E-state index contributed by atoms with van der Waals surface area (Å²) in [6.07, 6.45) is 9.34. The van der Waals surface area contributed by atoms with Crippen molar-refractivity contribution in [3.8, 4) is 0 Å². The number of carbonyl (C=O) groups is 3. The number of hydrogen-bond donors (Lipinski definition) is 1. The number of carbonyl (C=O) groups excluding carboxylic acids is 3. The number of hydrogen-bond acceptors (Lipinski definition) is 4. The first kappa shape index (κ1) is 16.4. The first-order valence-electron chi connectivity index (χ1n) is 8.90. The molecule has 2 aliphatic heterocycles. The molecule has 0 radical (unpaired) electrons. The van der Waals surface area contributed by atoms with Crippen LogP contribution in [0.4, 0.5) is 0 Å². The molecule has 1 aliphatic carbocycles. The summed E-state index contributed by atoms with van der Waals surface area (Å²) in [5, 5.41) is 3.35. The minimum Gasteiger partial charge on any atom is -0.316 e. The summed E-state index contributed by atoms with van der Waals surface area (Å²) >= 11 is 0. The largest absolute Gasteiger partial charge is 0.316 e. The Labute approximate surface area is 137 Å². The van der Waals surface area contributed by atoms with Crippen LogP contribution in [0.3, 0.4) is 0 Å². The first-order chi connectivity index (χ1) is 11.1. The van der Waals surface area contributed by atoms with Crippen LogP contribution < -0.4 is 5.32 Å². The Morgan fingerprint density at radius 1 is 1.04 bits per heavy atom. The van der Waals surface area contributed by atoms with Crippen molar-refractivity contribution in [2.24, 2.45) is 17.8 Å². The van der Waals surface area contributed by atoms with Crippen molar-refractivity contribution in [1.82, 2.24) is 10.2 Å². The molecular weight excluding hydrogens is 292 g/mol. The van der Waals surface area contributed by atoms with E-state index in [1.54, 1.807) is 0 Å². The number of imide groups is 1. The van der Waals surface area contributed by atoms with Gasteiger partial charge in [0.15, 0.2) is 0 Å². The second-order valence-electron chi connectivity index (χ2n) is 7.20. The van der Waals surface area contributed by atoms with Crippen LogP contribution in [0.25, 0.3) is 0 Å². The molecule has 3 aliphatic rings. The number of amides is 2. The van der Waals surface area contributed by atoms with Crippen LogP contribution >= 0.6 is 0 Å². The van der Waals surface area contributed by atoms with E-state index in [1.807, 2.05) is 0 Å². The lowest BCUT2D eigenvalue weighted by molar-refractivity contribution is -0.138. The molecule has 0 bridgehead atoms. The van der Waals surface area contributed by atoms with Crippen molar-refractivity contribution in [2.75, 3.05) is 19.6 Å². The third kappa shape index (κ3) is 4.08. The molecule has 2 fully saturated rings. The molecule has 2 amide bonds. The highest BCUT2D eigenvalue weighted by Gasteiger charge is 2.31. The lowest BCUT2D eigenvalue weighted by Crippen LogP contribution is -2.36. The Morgan fingerprint density at radius 3 is 2.35 bits per heavy atom. The fourth-order valence-corrected chi connectivity index (χ4v) is 4.05. The van der Waals surface area contributed by atoms with Gasteiger partial charge in [0.2, 0.25) is 0 Å². The van der Waals surface area contributed by atoms with Crippen LogP contribution in [0.5, 0.6) is 0 Å². The fraction of sp³-hybridized carbons (Fsp3) is 0.722. The molecule has 1 atom stereocenters. The predicted molar refractivity (Wildman–Crippen MR) is 86.5 cm³/mol. The Hall–Kier alpha value is -1.49. The standard InChI is InChI=1S/C18H26N2O3/c21-16(6-3-13-9-10-19-11-13)15-4-1-14(2-5-15)12-20-17(22)7-8-18(20)23/h7-8,13-15,19H,1-6,9-12H2/t13-,14?,15?/m0/s1. The van der Waals surface area contributed by atoms with Crippen LogP contribution in [-0.4, -0.2) is 42.1 Å². The zero-order valence-corrected chi connectivity index (χ0v) is 13.6. The molecule has 5 heteroatoms. The van der Waals surface area contributed by atoms with Gasteiger partial charge in [-0.05, 0) is 63.5 Å². The summed E-state index contributed by atoms with van der Waals surface area (Å²) in [5.74, 6) is 1.26. The minimum absolute atomic E-state index is 0.196. The molecule has 0 aromatic rings. The predicted octanol–water partition coefficient (Wildman–Crippen LogP) is 1.68. The Morgan fingerprint density at radius 2 is 1.74 bits per heavy atom. The molecule has 0 aromatic heterocycles. The van der Waals surface area contributed by atoms with E-state index in [0.717, 1.165) is 45.2 Å². The van der Waals surface area contributed by atoms with E-state index in [-0.39, 0.29) is 17.7 Å². The molecule has 0 unspecified atom stereocenters. The molecule has 1 saturated carbocycles. The summed E-state index contributed by atoms with van der Waals surface area (Å²) in [7, 11) is 0. The van der Waals surface area contributed by atoms with Crippen molar-refractivity contribution in [2.45, 2.75) is 44.9 Å². The van der Waals surface area contributed by atoms with Gasteiger partial charge in [-0.25, -0.2) is 0 Å². The molecule has 23 heavy (non-hydrogen) atoms. The molecule has 5 nitrogen and oxygen atoms in total. The third-order valence-electron chi connectivity index (χ3n) is 5.60. The zero-order valence-electron chi connectivity index (χ0n) is 13.6. The van der Waals surface area contributed by atoms with E-state index >= 15 is 0 Å². The number of nitrogens with one attached hydrogen (secondary N) is 1. The van der Waals surface area contributed by atoms with Gasteiger partial charge in [-0.2, -0.15) is 0 Å². The van der Waals surface area contributed by atoms with Crippen molar-refractivity contribution in [3.63, 3.8) is 0 Å². The number of nitrogens with zero attached hydrogens (tertiary/aromatic N) is 1. The highest BCUT2D eigenvalue weighted by molar-refractivity contribution is 6.12. The van der Waals surface area contributed by atoms with Crippen LogP contribution in [-0.2, 0) is 14.4 Å². The van der Waals surface area contributed by atoms with Gasteiger partial charge >= 0.3 is 0 Å². The second kappa shape index (κ2) is 7.39. The Kier molecular flexibility index (Phi) is 5.26. The molecule has 1 saturated heterocycles. The highest BCUT2D eigenvalue weighted by atomic mass is 16.2. The normalized spacial score (nSPS) is 31.1. The summed E-state index contributed by atoms with van der Waals surface area (Å²) in [4.78, 5) is 36.9. The van der Waals surface area contributed by atoms with Gasteiger partial charge in [0.05, 0.1) is 0 Å². The summed E-state index contributed by atoms with van der Waals surface area (Å²) in [5.41, 5.74) is 0. The van der Waals surface area contributed by atoms with Gasteiger partial charge in [0.1, 0.15) is 5.78 Å². The van der Waals surface area contributed by atoms with Gasteiger partial charge in [-0.3, -0.25) is 19.3 Å². The SMILES string of the molecule is O=C(CC[C@H]1CCNC1)C1CCC(CN2C(=O)C=CC2=O)CC1. The van der Waals surface area contributed by atoms with E-state index < -0.39 is 0 Å². The molecule has 0 spiro atoms. The van der Waals surface area contributed by atoms with E-state index in [4.69, 9.17) is 0 Å². The van der Waals surface area contributed by atoms with E-state index in [2.05, 4.69) is 5.32 Å². The maximum absolute atomic E-state index is 12.4. The average Bonchev–Trinajstić information content (AvgIpc) is 3.18. The van der Waals surface area contributed by atoms with Gasteiger partial charge in [-0.15, -0.1) is 0 Å². The molecular formula is C18H26N2O3. The zero-order chi connectivity index (χ0) is 16.2. The van der Waals surface area contributed by atoms with E-state index in [1.165, 1.54) is 23.5 Å². The second-order valence-corrected chi connectivity index (χ2v) is 7.20. The van der Waals surface area contributed by atoms with Crippen LogP contribution in [0.2, 0.25) is 0 Å². The van der Waals surface area contributed by atoms with Gasteiger partial charge in [0, 0.05) is 31.0 Å². The lowest BCUT2D eigenvalue weighted by Gasteiger charge is -2.30. The Bertz CT molecular complexity index is 482. The summed E-state index contributed by atoms with van der Waals surface area (Å²) < 4.78 is 0. The third-order valence-corrected chi connectivity index (χ3v) is 5.60. The lowest BCUT2D eigenvalue weighted by atomic mass is 9.78. The Balaban J connectivity index is 1.38. The van der Waals surface area contributed by atoms with Crippen molar-refractivity contribution >= 4 is 17.6 Å². The maximum Gasteiger partial charge on any atom is 0.253 e. The molecule has 0 aromatic carbocycles. The minimum atomic E-state index is -0.196. The highest BCUT2D eigenvalue weighted by Crippen LogP contribution is 2.32. The molecule has 1 N–H and O–H groups in total. The van der Waals surface area contributed by atoms with Crippen molar-refractivity contribution in [1.29, 1.82) is 0 Å². The number of ketones is 1. The summed E-state index contributed by atoms with van der Waals surface area (Å²) in [6, 6.07) is 0. The maximum atomic E-state index is 12.4. The van der Waals surface area contributed by atoms with Gasteiger partial charge < -0.3 is 5.32 Å². The average molecular weight is 318 g/mol. The monoisotopic (exact) mass is 318 g/mol. The van der Waals surface area contributed by atoms with E-state index in [9.17, 15) is 14.4 Å². The van der Waals surface area contributed by atoms with Crippen molar-refractivity contribution < 1.29 is 14.4 Å². The van der Waals surface area contributed by atoms with Gasteiger partial charge in [-0.1, -0.05) is 0 Å². The quantitative estimate of drug-likeness (QED) is 0.757. The summed E-state index contributed by atoms with van der Waals surface area (Å²) in [6.45, 7) is 2.66. The van der Waals surface area contributed by atoms with E-state index in [0.29, 0.717) is 30.6 Å². The van der Waals surface area contributed by atoms with Crippen LogP contribution in [0, 0.1) is 17.8 Å². The van der Waals surface area contributed by atoms with Gasteiger partial charge in [0.25, 0.3) is 11.8 Å². The fourth-order valence-electron chi connectivity index (χ4n) is 4.05. The number of Topliss-reactive ketones (excluding diaryl/α,β-unsaturated/α-hetero) is 1. The molecule has 3 rings (SSSR count). The van der Waals surface area contributed by atoms with Crippen LogP contribution in [0.1, 0.15) is 44.9 Å².